The highest BCUT2D eigenvalue weighted by atomic mass is 32.2. The summed E-state index contributed by atoms with van der Waals surface area (Å²) in [7, 11) is -2.24. The van der Waals surface area contributed by atoms with Gasteiger partial charge in [-0.1, -0.05) is 6.08 Å². The smallest absolute Gasteiger partial charge is 0.251 e. The molecule has 1 aromatic rings. The summed E-state index contributed by atoms with van der Waals surface area (Å²) in [5.74, 6) is -0.104. The molecule has 1 amide bonds. The molecule has 0 atom stereocenters. The number of rotatable bonds is 6. The van der Waals surface area contributed by atoms with Gasteiger partial charge in [0.25, 0.3) is 5.91 Å². The first-order valence-electron chi connectivity index (χ1n) is 7.08. The maximum Gasteiger partial charge on any atom is 0.251 e. The normalized spacial score (nSPS) is 15.5. The van der Waals surface area contributed by atoms with Crippen LogP contribution >= 0.6 is 0 Å². The molecule has 0 aromatic heterocycles. The van der Waals surface area contributed by atoms with Crippen LogP contribution in [0.4, 0.5) is 0 Å². The lowest BCUT2D eigenvalue weighted by atomic mass is 10.2. The number of nitrogens with one attached hydrogen (secondary N) is 1. The van der Waals surface area contributed by atoms with Crippen LogP contribution < -0.4 is 10.1 Å². The molecule has 0 aliphatic carbocycles. The molecule has 1 fully saturated rings. The van der Waals surface area contributed by atoms with Gasteiger partial charge in [0.05, 0.1) is 7.11 Å². The van der Waals surface area contributed by atoms with Crippen LogP contribution in [0.3, 0.4) is 0 Å². The molecule has 1 aliphatic rings. The zero-order valence-corrected chi connectivity index (χ0v) is 13.4. The van der Waals surface area contributed by atoms with Crippen molar-refractivity contribution < 1.29 is 17.9 Å². The Morgan fingerprint density at radius 3 is 2.68 bits per heavy atom. The molecule has 1 aromatic carbocycles. The number of amides is 1. The van der Waals surface area contributed by atoms with Crippen LogP contribution in [-0.4, -0.2) is 45.4 Å². The quantitative estimate of drug-likeness (QED) is 0.803. The molecule has 22 heavy (non-hydrogen) atoms. The molecule has 1 saturated heterocycles. The van der Waals surface area contributed by atoms with Crippen molar-refractivity contribution in [3.05, 3.63) is 36.4 Å². The number of ether oxygens (including phenoxy) is 1. The Balaban J connectivity index is 2.40. The van der Waals surface area contributed by atoms with Gasteiger partial charge in [-0.25, -0.2) is 8.42 Å². The fourth-order valence-electron chi connectivity index (χ4n) is 2.35. The summed E-state index contributed by atoms with van der Waals surface area (Å²) in [6, 6.07) is 4.41. The Morgan fingerprint density at radius 2 is 2.09 bits per heavy atom. The lowest BCUT2D eigenvalue weighted by Crippen LogP contribution is -2.29. The average Bonchev–Trinajstić information content (AvgIpc) is 3.07. The van der Waals surface area contributed by atoms with E-state index in [1.54, 1.807) is 12.1 Å². The van der Waals surface area contributed by atoms with E-state index in [9.17, 15) is 13.2 Å². The Bertz CT molecular complexity index is 664. The van der Waals surface area contributed by atoms with Crippen molar-refractivity contribution in [2.45, 2.75) is 17.7 Å². The number of carbonyl (C=O) groups is 1. The minimum Gasteiger partial charge on any atom is -0.495 e. The first kappa shape index (κ1) is 16.5. The summed E-state index contributed by atoms with van der Waals surface area (Å²) < 4.78 is 32.0. The summed E-state index contributed by atoms with van der Waals surface area (Å²) in [6.07, 6.45) is 3.26. The van der Waals surface area contributed by atoms with E-state index in [0.717, 1.165) is 12.8 Å². The number of nitrogens with zero attached hydrogens (tertiary/aromatic N) is 1. The molecular formula is C15H20N2O4S. The largest absolute Gasteiger partial charge is 0.495 e. The summed E-state index contributed by atoms with van der Waals surface area (Å²) in [5.41, 5.74) is 0.278. The van der Waals surface area contributed by atoms with Crippen molar-refractivity contribution in [1.82, 2.24) is 9.62 Å². The Labute approximate surface area is 130 Å². The maximum absolute atomic E-state index is 12.7. The molecule has 1 N–H and O–H groups in total. The zero-order chi connectivity index (χ0) is 16.2. The minimum absolute atomic E-state index is 0.0307. The molecule has 6 nitrogen and oxygen atoms in total. The average molecular weight is 324 g/mol. The van der Waals surface area contributed by atoms with E-state index in [0.29, 0.717) is 19.6 Å². The third kappa shape index (κ3) is 3.31. The second-order valence-corrected chi connectivity index (χ2v) is 6.88. The van der Waals surface area contributed by atoms with Gasteiger partial charge >= 0.3 is 0 Å². The number of hydrogen-bond acceptors (Lipinski definition) is 4. The first-order valence-corrected chi connectivity index (χ1v) is 8.52. The Morgan fingerprint density at radius 1 is 1.41 bits per heavy atom. The second kappa shape index (κ2) is 6.93. The SMILES string of the molecule is C=CCNC(=O)c1ccc(OC)c(S(=O)(=O)N2CCCC2)c1. The molecule has 1 heterocycles. The lowest BCUT2D eigenvalue weighted by molar-refractivity contribution is 0.0957. The van der Waals surface area contributed by atoms with E-state index in [2.05, 4.69) is 11.9 Å². The van der Waals surface area contributed by atoms with Gasteiger partial charge in [-0.2, -0.15) is 4.31 Å². The van der Waals surface area contributed by atoms with Crippen molar-refractivity contribution >= 4 is 15.9 Å². The summed E-state index contributed by atoms with van der Waals surface area (Å²) in [6.45, 7) is 4.84. The van der Waals surface area contributed by atoms with Crippen LogP contribution in [0.25, 0.3) is 0 Å². The predicted octanol–water partition coefficient (Wildman–Crippen LogP) is 1.40. The third-order valence-corrected chi connectivity index (χ3v) is 5.44. The standard InChI is InChI=1S/C15H20N2O4S/c1-3-8-16-15(18)12-6-7-13(21-2)14(11-12)22(19,20)17-9-4-5-10-17/h3,6-7,11H,1,4-5,8-10H2,2H3,(H,16,18). The third-order valence-electron chi connectivity index (χ3n) is 3.52. The van der Waals surface area contributed by atoms with Crippen LogP contribution in [0.15, 0.2) is 35.7 Å². The van der Waals surface area contributed by atoms with Crippen LogP contribution in [0.2, 0.25) is 0 Å². The Hall–Kier alpha value is -1.86. The molecule has 120 valence electrons. The summed E-state index contributed by atoms with van der Waals surface area (Å²) in [4.78, 5) is 12.0. The van der Waals surface area contributed by atoms with Gasteiger partial charge in [-0.15, -0.1) is 6.58 Å². The molecule has 0 bridgehead atoms. The highest BCUT2D eigenvalue weighted by Gasteiger charge is 2.30. The zero-order valence-electron chi connectivity index (χ0n) is 12.5. The summed E-state index contributed by atoms with van der Waals surface area (Å²) in [5, 5.41) is 2.63. The van der Waals surface area contributed by atoms with E-state index in [-0.39, 0.29) is 22.1 Å². The van der Waals surface area contributed by atoms with Crippen LogP contribution in [0, 0.1) is 0 Å². The van der Waals surface area contributed by atoms with Crippen molar-refractivity contribution in [3.63, 3.8) is 0 Å². The predicted molar refractivity (Wildman–Crippen MR) is 83.5 cm³/mol. The fourth-order valence-corrected chi connectivity index (χ4v) is 4.05. The van der Waals surface area contributed by atoms with Crippen LogP contribution in [0.1, 0.15) is 23.2 Å². The van der Waals surface area contributed by atoms with Gasteiger partial charge in [0.2, 0.25) is 10.0 Å². The van der Waals surface area contributed by atoms with E-state index < -0.39 is 10.0 Å². The number of hydrogen-bond donors (Lipinski definition) is 1. The van der Waals surface area contributed by atoms with Gasteiger partial charge in [0.15, 0.2) is 0 Å². The number of carbonyl (C=O) groups excluding carboxylic acids is 1. The van der Waals surface area contributed by atoms with Gasteiger partial charge in [0, 0.05) is 25.2 Å². The van der Waals surface area contributed by atoms with E-state index >= 15 is 0 Å². The van der Waals surface area contributed by atoms with Crippen LogP contribution in [0.5, 0.6) is 5.75 Å². The van der Waals surface area contributed by atoms with E-state index in [1.807, 2.05) is 0 Å². The minimum atomic E-state index is -3.65. The number of sulfonamides is 1. The van der Waals surface area contributed by atoms with Crippen molar-refractivity contribution in [2.24, 2.45) is 0 Å². The van der Waals surface area contributed by atoms with E-state index in [1.165, 1.54) is 23.5 Å². The molecule has 0 unspecified atom stereocenters. The maximum atomic E-state index is 12.7. The lowest BCUT2D eigenvalue weighted by Gasteiger charge is -2.18. The summed E-state index contributed by atoms with van der Waals surface area (Å²) >= 11 is 0. The monoisotopic (exact) mass is 324 g/mol. The topological polar surface area (TPSA) is 75.7 Å². The van der Waals surface area contributed by atoms with Gasteiger partial charge in [-0.3, -0.25) is 4.79 Å². The molecule has 7 heteroatoms. The highest BCUT2D eigenvalue weighted by Crippen LogP contribution is 2.29. The van der Waals surface area contributed by atoms with Gasteiger partial charge in [-0.05, 0) is 31.0 Å². The van der Waals surface area contributed by atoms with Crippen molar-refractivity contribution in [1.29, 1.82) is 0 Å². The molecule has 0 saturated carbocycles. The number of benzene rings is 1. The molecule has 2 rings (SSSR count). The fraction of sp³-hybridized carbons (Fsp3) is 0.400. The van der Waals surface area contributed by atoms with E-state index in [4.69, 9.17) is 4.74 Å². The Kier molecular flexibility index (Phi) is 5.20. The first-order chi connectivity index (χ1) is 10.5. The molecule has 0 spiro atoms. The van der Waals surface area contributed by atoms with Crippen LogP contribution in [-0.2, 0) is 10.0 Å². The molecule has 0 radical (unpaired) electrons. The van der Waals surface area contributed by atoms with Gasteiger partial charge in [0.1, 0.15) is 10.6 Å². The van der Waals surface area contributed by atoms with Crippen molar-refractivity contribution in [3.8, 4) is 5.75 Å². The highest BCUT2D eigenvalue weighted by molar-refractivity contribution is 7.89. The number of methoxy groups -OCH3 is 1. The van der Waals surface area contributed by atoms with Gasteiger partial charge < -0.3 is 10.1 Å². The molecule has 1 aliphatic heterocycles. The molecular weight excluding hydrogens is 304 g/mol. The van der Waals surface area contributed by atoms with Crippen molar-refractivity contribution in [2.75, 3.05) is 26.7 Å². The second-order valence-electron chi connectivity index (χ2n) is 4.98.